The third kappa shape index (κ3) is 1.81. The van der Waals surface area contributed by atoms with Gasteiger partial charge in [0.2, 0.25) is 0 Å². The molecule has 1 rings (SSSR count). The molecule has 0 heterocycles. The van der Waals surface area contributed by atoms with Crippen LogP contribution in [0.3, 0.4) is 0 Å². The van der Waals surface area contributed by atoms with E-state index in [4.69, 9.17) is 9.79 Å². The van der Waals surface area contributed by atoms with E-state index in [2.05, 4.69) is 0 Å². The molecular weight excluding hydrogens is 151 g/mol. The summed E-state index contributed by atoms with van der Waals surface area (Å²) in [6, 6.07) is 0. The van der Waals surface area contributed by atoms with Crippen LogP contribution in [0, 0.1) is 0 Å². The predicted molar refractivity (Wildman–Crippen MR) is 38.5 cm³/mol. The van der Waals surface area contributed by atoms with Crippen molar-refractivity contribution in [2.24, 2.45) is 0 Å². The van der Waals surface area contributed by atoms with Crippen molar-refractivity contribution in [1.29, 1.82) is 0 Å². The van der Waals surface area contributed by atoms with E-state index in [9.17, 15) is 4.57 Å². The van der Waals surface area contributed by atoms with E-state index in [1.807, 2.05) is 6.08 Å². The van der Waals surface area contributed by atoms with Gasteiger partial charge in [-0.15, -0.1) is 0 Å². The lowest BCUT2D eigenvalue weighted by molar-refractivity contribution is 0.380. The molecule has 0 fully saturated rings. The number of rotatable bonds is 1. The van der Waals surface area contributed by atoms with Crippen LogP contribution in [0.1, 0.15) is 12.8 Å². The molecule has 56 valence electrons. The highest BCUT2D eigenvalue weighted by atomic mass is 31.2. The van der Waals surface area contributed by atoms with Gasteiger partial charge in [-0.1, -0.05) is 18.2 Å². The summed E-state index contributed by atoms with van der Waals surface area (Å²) < 4.78 is 10.6. The van der Waals surface area contributed by atoms with Gasteiger partial charge in [-0.05, 0) is 12.8 Å². The summed E-state index contributed by atoms with van der Waals surface area (Å²) in [5.74, 6) is 0. The second kappa shape index (κ2) is 2.70. The Morgan fingerprint density at radius 1 is 1.50 bits per heavy atom. The lowest BCUT2D eigenvalue weighted by atomic mass is 10.2. The monoisotopic (exact) mass is 160 g/mol. The van der Waals surface area contributed by atoms with Crippen LogP contribution in [-0.2, 0) is 4.57 Å². The summed E-state index contributed by atoms with van der Waals surface area (Å²) in [6.07, 6.45) is 6.28. The predicted octanol–water partition coefficient (Wildman–Crippen LogP) is 1.40. The number of hydrogen-bond donors (Lipinski definition) is 2. The van der Waals surface area contributed by atoms with Crippen LogP contribution in [0.5, 0.6) is 0 Å². The quantitative estimate of drug-likeness (QED) is 0.570. The van der Waals surface area contributed by atoms with E-state index in [1.54, 1.807) is 6.08 Å². The van der Waals surface area contributed by atoms with Crippen LogP contribution in [0.4, 0.5) is 0 Å². The highest BCUT2D eigenvalue weighted by Crippen LogP contribution is 2.47. The van der Waals surface area contributed by atoms with Crippen LogP contribution < -0.4 is 0 Å². The van der Waals surface area contributed by atoms with Gasteiger partial charge < -0.3 is 9.79 Å². The molecule has 0 saturated carbocycles. The Labute approximate surface area is 59.2 Å². The standard InChI is InChI=1S/C6H9O3P/c7-10(8,9)6-4-2-1-3-5-6/h1-2,4H,3,5H2,(H2,7,8,9). The molecule has 0 radical (unpaired) electrons. The van der Waals surface area contributed by atoms with E-state index in [0.29, 0.717) is 6.42 Å². The summed E-state index contributed by atoms with van der Waals surface area (Å²) in [5, 5.41) is 0.245. The fourth-order valence-electron chi connectivity index (χ4n) is 0.833. The molecule has 0 aromatic carbocycles. The Hall–Kier alpha value is -0.370. The van der Waals surface area contributed by atoms with Gasteiger partial charge in [0.1, 0.15) is 0 Å². The first-order valence-electron chi connectivity index (χ1n) is 3.02. The number of hydrogen-bond acceptors (Lipinski definition) is 1. The van der Waals surface area contributed by atoms with Crippen molar-refractivity contribution in [2.45, 2.75) is 12.8 Å². The molecule has 0 aliphatic heterocycles. The molecular formula is C6H9O3P. The van der Waals surface area contributed by atoms with Crippen molar-refractivity contribution < 1.29 is 14.4 Å². The van der Waals surface area contributed by atoms with Gasteiger partial charge in [-0.2, -0.15) is 0 Å². The SMILES string of the molecule is O=P(O)(O)C1=CC=CCC1. The summed E-state index contributed by atoms with van der Waals surface area (Å²) >= 11 is 0. The summed E-state index contributed by atoms with van der Waals surface area (Å²) in [4.78, 5) is 17.3. The van der Waals surface area contributed by atoms with E-state index >= 15 is 0 Å². The van der Waals surface area contributed by atoms with Crippen molar-refractivity contribution in [3.8, 4) is 0 Å². The Bertz CT molecular complexity index is 223. The highest BCUT2D eigenvalue weighted by molar-refractivity contribution is 7.56. The lowest BCUT2D eigenvalue weighted by Crippen LogP contribution is -1.88. The van der Waals surface area contributed by atoms with Crippen molar-refractivity contribution in [1.82, 2.24) is 0 Å². The molecule has 0 spiro atoms. The zero-order valence-electron chi connectivity index (χ0n) is 5.40. The van der Waals surface area contributed by atoms with Gasteiger partial charge in [-0.3, -0.25) is 4.57 Å². The van der Waals surface area contributed by atoms with Gasteiger partial charge in [0.25, 0.3) is 0 Å². The maximum atomic E-state index is 10.6. The molecule has 0 aromatic rings. The van der Waals surface area contributed by atoms with Crippen molar-refractivity contribution in [3.63, 3.8) is 0 Å². The molecule has 10 heavy (non-hydrogen) atoms. The van der Waals surface area contributed by atoms with Crippen molar-refractivity contribution in [3.05, 3.63) is 23.5 Å². The average Bonchev–Trinajstić information content (AvgIpc) is 1.88. The molecule has 3 nitrogen and oxygen atoms in total. The van der Waals surface area contributed by atoms with E-state index in [-0.39, 0.29) is 5.31 Å². The second-order valence-corrected chi connectivity index (χ2v) is 3.83. The third-order valence-corrected chi connectivity index (χ3v) is 2.49. The first kappa shape index (κ1) is 7.73. The maximum absolute atomic E-state index is 10.6. The van der Waals surface area contributed by atoms with Crippen LogP contribution >= 0.6 is 7.60 Å². The van der Waals surface area contributed by atoms with Gasteiger partial charge in [0, 0.05) is 5.31 Å². The molecule has 1 aliphatic rings. The normalized spacial score (nSPS) is 18.8. The van der Waals surface area contributed by atoms with Crippen molar-refractivity contribution >= 4 is 7.60 Å². The van der Waals surface area contributed by atoms with Crippen LogP contribution in [0.15, 0.2) is 23.5 Å². The minimum Gasteiger partial charge on any atom is -0.321 e. The van der Waals surface area contributed by atoms with E-state index < -0.39 is 7.60 Å². The Balaban J connectivity index is 2.82. The van der Waals surface area contributed by atoms with Crippen molar-refractivity contribution in [2.75, 3.05) is 0 Å². The van der Waals surface area contributed by atoms with Gasteiger partial charge >= 0.3 is 7.60 Å². The van der Waals surface area contributed by atoms with Gasteiger partial charge in [-0.25, -0.2) is 0 Å². The lowest BCUT2D eigenvalue weighted by Gasteiger charge is -2.09. The van der Waals surface area contributed by atoms with Gasteiger partial charge in [0.05, 0.1) is 0 Å². The van der Waals surface area contributed by atoms with Gasteiger partial charge in [0.15, 0.2) is 0 Å². The molecule has 0 aromatic heterocycles. The minimum absolute atomic E-state index is 0.245. The molecule has 0 amide bonds. The van der Waals surface area contributed by atoms with Crippen LogP contribution in [0.25, 0.3) is 0 Å². The Morgan fingerprint density at radius 2 is 2.20 bits per heavy atom. The molecule has 1 aliphatic carbocycles. The fourth-order valence-corrected chi connectivity index (χ4v) is 1.53. The largest absolute Gasteiger partial charge is 0.352 e. The molecule has 0 bridgehead atoms. The Morgan fingerprint density at radius 3 is 2.50 bits per heavy atom. The van der Waals surface area contributed by atoms with E-state index in [0.717, 1.165) is 6.42 Å². The molecule has 0 unspecified atom stereocenters. The minimum atomic E-state index is -3.93. The zero-order valence-corrected chi connectivity index (χ0v) is 6.29. The average molecular weight is 160 g/mol. The second-order valence-electron chi connectivity index (χ2n) is 2.17. The molecule has 0 saturated heterocycles. The fraction of sp³-hybridized carbons (Fsp3) is 0.333. The summed E-state index contributed by atoms with van der Waals surface area (Å²) in [6.45, 7) is 0. The topological polar surface area (TPSA) is 57.5 Å². The number of allylic oxidation sites excluding steroid dienone is 4. The third-order valence-electron chi connectivity index (χ3n) is 1.37. The first-order chi connectivity index (χ1) is 4.61. The zero-order chi connectivity index (χ0) is 7.61. The molecule has 4 heteroatoms. The van der Waals surface area contributed by atoms with E-state index in [1.165, 1.54) is 6.08 Å². The summed E-state index contributed by atoms with van der Waals surface area (Å²) in [7, 11) is -3.93. The summed E-state index contributed by atoms with van der Waals surface area (Å²) in [5.41, 5.74) is 0. The molecule has 2 N–H and O–H groups in total. The smallest absolute Gasteiger partial charge is 0.321 e. The first-order valence-corrected chi connectivity index (χ1v) is 4.64. The molecule has 0 atom stereocenters. The maximum Gasteiger partial charge on any atom is 0.352 e. The highest BCUT2D eigenvalue weighted by Gasteiger charge is 2.19. The van der Waals surface area contributed by atoms with Crippen LogP contribution in [-0.4, -0.2) is 9.79 Å². The van der Waals surface area contributed by atoms with Crippen LogP contribution in [0.2, 0.25) is 0 Å². The Kier molecular flexibility index (Phi) is 2.09.